The topological polar surface area (TPSA) is 46.5 Å². The third-order valence-corrected chi connectivity index (χ3v) is 3.60. The summed E-state index contributed by atoms with van der Waals surface area (Å²) < 4.78 is 5.48. The van der Waals surface area contributed by atoms with Crippen LogP contribution in [0.1, 0.15) is 29.7 Å². The van der Waals surface area contributed by atoms with Crippen LogP contribution in [0.15, 0.2) is 48.5 Å². The van der Waals surface area contributed by atoms with E-state index in [-0.39, 0.29) is 0 Å². The molecule has 0 bridgehead atoms. The molecule has 0 radical (unpaired) electrons. The van der Waals surface area contributed by atoms with E-state index >= 15 is 0 Å². The number of carbonyl (C=O) groups is 1. The summed E-state index contributed by atoms with van der Waals surface area (Å²) in [7, 11) is 0. The molecule has 0 aliphatic rings. The van der Waals surface area contributed by atoms with Crippen LogP contribution in [0.4, 0.5) is 0 Å². The summed E-state index contributed by atoms with van der Waals surface area (Å²) in [6.45, 7) is 5.47. The Morgan fingerprint density at radius 3 is 2.14 bits per heavy atom. The molecule has 0 unspecified atom stereocenters. The molecule has 1 N–H and O–H groups in total. The second-order valence-electron chi connectivity index (χ2n) is 5.29. The largest absolute Gasteiger partial charge is 0.426 e. The average Bonchev–Trinajstić information content (AvgIpc) is 2.50. The summed E-state index contributed by atoms with van der Waals surface area (Å²) in [6.07, 6.45) is -0.872. The highest BCUT2D eigenvalue weighted by Crippen LogP contribution is 2.27. The highest BCUT2D eigenvalue weighted by atomic mass is 16.5. The van der Waals surface area contributed by atoms with Crippen molar-refractivity contribution in [2.75, 3.05) is 0 Å². The van der Waals surface area contributed by atoms with Crippen LogP contribution in [-0.2, 0) is 4.79 Å². The number of hydrogen-bond acceptors (Lipinski definition) is 3. The van der Waals surface area contributed by atoms with Gasteiger partial charge in [0.2, 0.25) is 0 Å². The highest BCUT2D eigenvalue weighted by Gasteiger charge is 2.26. The molecule has 0 spiro atoms. The van der Waals surface area contributed by atoms with Crippen LogP contribution in [0.2, 0.25) is 0 Å². The molecule has 21 heavy (non-hydrogen) atoms. The summed E-state index contributed by atoms with van der Waals surface area (Å²) in [5.74, 6) is -0.482. The van der Waals surface area contributed by atoms with Crippen LogP contribution < -0.4 is 4.74 Å². The predicted octanol–water partition coefficient (Wildman–Crippen LogP) is 3.58. The third kappa shape index (κ3) is 3.50. The number of ether oxygens (including phenoxy) is 1. The summed E-state index contributed by atoms with van der Waals surface area (Å²) in [5.41, 5.74) is 2.53. The number of hydrogen-bond donors (Lipinski definition) is 1. The van der Waals surface area contributed by atoms with Gasteiger partial charge in [-0.25, -0.2) is 0 Å². The predicted molar refractivity (Wildman–Crippen MR) is 82.1 cm³/mol. The fourth-order valence-electron chi connectivity index (χ4n) is 2.22. The molecule has 3 nitrogen and oxygen atoms in total. The molecule has 110 valence electrons. The Morgan fingerprint density at radius 2 is 1.57 bits per heavy atom. The number of esters is 1. The molecule has 0 aliphatic heterocycles. The van der Waals surface area contributed by atoms with Crippen LogP contribution in [0.25, 0.3) is 0 Å². The van der Waals surface area contributed by atoms with Gasteiger partial charge < -0.3 is 9.84 Å². The summed E-state index contributed by atoms with van der Waals surface area (Å²) in [6, 6.07) is 14.9. The zero-order valence-electron chi connectivity index (χ0n) is 12.5. The Hall–Kier alpha value is -2.13. The second-order valence-corrected chi connectivity index (χ2v) is 5.29. The number of benzene rings is 2. The normalized spacial score (nSPS) is 13.5. The SMILES string of the molecule is Cc1cccc(C)c1OC(=O)[C@H](C)[C@@H](O)c1ccccc1. The van der Waals surface area contributed by atoms with Crippen molar-refractivity contribution in [2.45, 2.75) is 26.9 Å². The van der Waals surface area contributed by atoms with Gasteiger partial charge in [-0.2, -0.15) is 0 Å². The molecule has 2 rings (SSSR count). The fraction of sp³-hybridized carbons (Fsp3) is 0.278. The van der Waals surface area contributed by atoms with Crippen molar-refractivity contribution in [2.24, 2.45) is 5.92 Å². The van der Waals surface area contributed by atoms with Crippen molar-refractivity contribution in [3.63, 3.8) is 0 Å². The number of carbonyl (C=O) groups excluding carboxylic acids is 1. The van der Waals surface area contributed by atoms with Crippen LogP contribution in [-0.4, -0.2) is 11.1 Å². The van der Waals surface area contributed by atoms with Gasteiger partial charge in [-0.15, -0.1) is 0 Å². The second kappa shape index (κ2) is 6.55. The summed E-state index contributed by atoms with van der Waals surface area (Å²) in [5, 5.41) is 10.3. The molecule has 3 heteroatoms. The molecular formula is C18H20O3. The van der Waals surface area contributed by atoms with Crippen molar-refractivity contribution in [3.8, 4) is 5.75 Å². The van der Waals surface area contributed by atoms with Crippen LogP contribution in [0.3, 0.4) is 0 Å². The first-order valence-electron chi connectivity index (χ1n) is 7.01. The molecule has 0 heterocycles. The monoisotopic (exact) mass is 284 g/mol. The van der Waals surface area contributed by atoms with E-state index in [4.69, 9.17) is 4.74 Å². The van der Waals surface area contributed by atoms with E-state index in [2.05, 4.69) is 0 Å². The maximum absolute atomic E-state index is 12.2. The lowest BCUT2D eigenvalue weighted by molar-refractivity contribution is -0.142. The zero-order chi connectivity index (χ0) is 15.4. The Bertz CT molecular complexity index is 599. The first-order valence-corrected chi connectivity index (χ1v) is 7.01. The minimum absolute atomic E-state index is 0.427. The van der Waals surface area contributed by atoms with E-state index in [0.717, 1.165) is 11.1 Å². The number of para-hydroxylation sites is 1. The lowest BCUT2D eigenvalue weighted by Crippen LogP contribution is -2.24. The molecule has 2 atom stereocenters. The Morgan fingerprint density at radius 1 is 1.00 bits per heavy atom. The highest BCUT2D eigenvalue weighted by molar-refractivity contribution is 5.76. The van der Waals surface area contributed by atoms with Crippen LogP contribution >= 0.6 is 0 Å². The van der Waals surface area contributed by atoms with E-state index in [1.165, 1.54) is 0 Å². The lowest BCUT2D eigenvalue weighted by Gasteiger charge is -2.19. The molecule has 0 aliphatic carbocycles. The van der Waals surface area contributed by atoms with E-state index in [1.54, 1.807) is 19.1 Å². The van der Waals surface area contributed by atoms with Crippen molar-refractivity contribution in [1.82, 2.24) is 0 Å². The van der Waals surface area contributed by atoms with E-state index in [1.807, 2.05) is 50.2 Å². The average molecular weight is 284 g/mol. The maximum Gasteiger partial charge on any atom is 0.317 e. The number of rotatable bonds is 4. The van der Waals surface area contributed by atoms with Crippen LogP contribution in [0, 0.1) is 19.8 Å². The van der Waals surface area contributed by atoms with Gasteiger partial charge in [0.1, 0.15) is 5.75 Å². The van der Waals surface area contributed by atoms with Gasteiger partial charge in [-0.3, -0.25) is 4.79 Å². The van der Waals surface area contributed by atoms with Gasteiger partial charge in [-0.05, 0) is 37.5 Å². The van der Waals surface area contributed by atoms with E-state index in [0.29, 0.717) is 11.3 Å². The Balaban J connectivity index is 2.13. The quantitative estimate of drug-likeness (QED) is 0.689. The van der Waals surface area contributed by atoms with Crippen molar-refractivity contribution >= 4 is 5.97 Å². The van der Waals surface area contributed by atoms with Gasteiger partial charge in [-0.1, -0.05) is 48.5 Å². The first-order chi connectivity index (χ1) is 10.0. The van der Waals surface area contributed by atoms with Gasteiger partial charge in [0.05, 0.1) is 12.0 Å². The molecule has 2 aromatic carbocycles. The number of aliphatic hydroxyl groups excluding tert-OH is 1. The van der Waals surface area contributed by atoms with E-state index < -0.39 is 18.0 Å². The van der Waals surface area contributed by atoms with Gasteiger partial charge in [0.15, 0.2) is 0 Å². The smallest absolute Gasteiger partial charge is 0.317 e. The Labute approximate surface area is 125 Å². The standard InChI is InChI=1S/C18H20O3/c1-12-8-7-9-13(2)17(12)21-18(20)14(3)16(19)15-10-5-4-6-11-15/h4-11,14,16,19H,1-3H3/t14-,16-/m1/s1. The summed E-state index contributed by atoms with van der Waals surface area (Å²) in [4.78, 5) is 12.2. The maximum atomic E-state index is 12.2. The van der Waals surface area contributed by atoms with Crippen molar-refractivity contribution in [1.29, 1.82) is 0 Å². The Kier molecular flexibility index (Phi) is 4.76. The molecule has 0 aromatic heterocycles. The van der Waals surface area contributed by atoms with Crippen LogP contribution in [0.5, 0.6) is 5.75 Å². The van der Waals surface area contributed by atoms with Gasteiger partial charge in [0.25, 0.3) is 0 Å². The first kappa shape index (κ1) is 15.3. The van der Waals surface area contributed by atoms with E-state index in [9.17, 15) is 9.90 Å². The molecule has 0 saturated carbocycles. The molecule has 2 aromatic rings. The lowest BCUT2D eigenvalue weighted by atomic mass is 9.97. The molecule has 0 fully saturated rings. The van der Waals surface area contributed by atoms with Crippen molar-refractivity contribution < 1.29 is 14.6 Å². The molecule has 0 saturated heterocycles. The van der Waals surface area contributed by atoms with Gasteiger partial charge >= 0.3 is 5.97 Å². The molecular weight excluding hydrogens is 264 g/mol. The summed E-state index contributed by atoms with van der Waals surface area (Å²) >= 11 is 0. The van der Waals surface area contributed by atoms with Crippen molar-refractivity contribution in [3.05, 3.63) is 65.2 Å². The third-order valence-electron chi connectivity index (χ3n) is 3.60. The number of aryl methyl sites for hydroxylation is 2. The minimum atomic E-state index is -0.872. The van der Waals surface area contributed by atoms with Gasteiger partial charge in [0, 0.05) is 0 Å². The molecule has 0 amide bonds. The zero-order valence-corrected chi connectivity index (χ0v) is 12.5. The minimum Gasteiger partial charge on any atom is -0.426 e. The number of aliphatic hydroxyl groups is 1. The fourth-order valence-corrected chi connectivity index (χ4v) is 2.22.